The number of nitrogens with one attached hydrogen (secondary N) is 1. The van der Waals surface area contributed by atoms with Crippen molar-refractivity contribution in [1.29, 1.82) is 0 Å². The lowest BCUT2D eigenvalue weighted by atomic mass is 10.2. The summed E-state index contributed by atoms with van der Waals surface area (Å²) in [5, 5.41) is 7.90. The van der Waals surface area contributed by atoms with Crippen molar-refractivity contribution in [2.75, 3.05) is 5.32 Å². The molecule has 0 aliphatic heterocycles. The fourth-order valence-corrected chi connectivity index (χ4v) is 3.31. The maximum Gasteiger partial charge on any atom is 0.237 e. The molecule has 0 saturated carbocycles. The topological polar surface area (TPSA) is 59.8 Å². The second-order valence-electron chi connectivity index (χ2n) is 5.20. The standard InChI is InChI=1S/C17H14Cl2N4OS/c1-11(25-14-5-2-12(18)3-6-14)17(24)22-15-8-13(19)4-7-16(15)23-10-20-9-21-23/h2-11H,1H3,(H,22,24). The van der Waals surface area contributed by atoms with Crippen molar-refractivity contribution in [2.45, 2.75) is 17.1 Å². The average Bonchev–Trinajstić information content (AvgIpc) is 3.11. The second kappa shape index (κ2) is 7.91. The summed E-state index contributed by atoms with van der Waals surface area (Å²) in [6.45, 7) is 1.84. The molecule has 0 aliphatic rings. The number of carbonyl (C=O) groups excluding carboxylic acids is 1. The summed E-state index contributed by atoms with van der Waals surface area (Å²) >= 11 is 13.4. The first-order valence-corrected chi connectivity index (χ1v) is 9.04. The number of amides is 1. The summed E-state index contributed by atoms with van der Waals surface area (Å²) in [4.78, 5) is 17.5. The maximum absolute atomic E-state index is 12.6. The average molecular weight is 393 g/mol. The van der Waals surface area contributed by atoms with Crippen LogP contribution >= 0.6 is 35.0 Å². The normalized spacial score (nSPS) is 12.0. The molecule has 1 unspecified atom stereocenters. The van der Waals surface area contributed by atoms with Crippen LogP contribution in [-0.4, -0.2) is 25.9 Å². The highest BCUT2D eigenvalue weighted by molar-refractivity contribution is 8.00. The quantitative estimate of drug-likeness (QED) is 0.639. The molecule has 1 atom stereocenters. The van der Waals surface area contributed by atoms with E-state index in [4.69, 9.17) is 23.2 Å². The molecule has 5 nitrogen and oxygen atoms in total. The van der Waals surface area contributed by atoms with Crippen molar-refractivity contribution in [3.05, 3.63) is 65.2 Å². The summed E-state index contributed by atoms with van der Waals surface area (Å²) in [5.41, 5.74) is 1.27. The number of thioether (sulfide) groups is 1. The molecule has 0 spiro atoms. The molecule has 0 bridgehead atoms. The molecule has 8 heteroatoms. The number of rotatable bonds is 5. The Morgan fingerprint density at radius 1 is 1.16 bits per heavy atom. The first kappa shape index (κ1) is 17.8. The van der Waals surface area contributed by atoms with Gasteiger partial charge in [0.25, 0.3) is 0 Å². The third-order valence-corrected chi connectivity index (χ3v) is 4.98. The van der Waals surface area contributed by atoms with Crippen LogP contribution in [0.25, 0.3) is 5.69 Å². The van der Waals surface area contributed by atoms with Crippen molar-refractivity contribution < 1.29 is 4.79 Å². The predicted molar refractivity (Wildman–Crippen MR) is 102 cm³/mol. The van der Waals surface area contributed by atoms with E-state index in [0.29, 0.717) is 21.4 Å². The summed E-state index contributed by atoms with van der Waals surface area (Å²) in [5.74, 6) is -0.136. The van der Waals surface area contributed by atoms with Crippen LogP contribution in [0, 0.1) is 0 Å². The van der Waals surface area contributed by atoms with E-state index in [0.717, 1.165) is 4.90 Å². The number of hydrogen-bond acceptors (Lipinski definition) is 4. The molecular weight excluding hydrogens is 379 g/mol. The summed E-state index contributed by atoms with van der Waals surface area (Å²) in [6, 6.07) is 12.6. The smallest absolute Gasteiger partial charge is 0.237 e. The Labute approximate surface area is 159 Å². The lowest BCUT2D eigenvalue weighted by Gasteiger charge is -2.15. The largest absolute Gasteiger partial charge is 0.323 e. The van der Waals surface area contributed by atoms with Crippen LogP contribution in [0.1, 0.15) is 6.92 Å². The maximum atomic E-state index is 12.6. The molecular formula is C17H14Cl2N4OS. The molecule has 128 valence electrons. The summed E-state index contributed by atoms with van der Waals surface area (Å²) in [7, 11) is 0. The molecule has 1 amide bonds. The SMILES string of the molecule is CC(Sc1ccc(Cl)cc1)C(=O)Nc1cc(Cl)ccc1-n1cncn1. The first-order valence-electron chi connectivity index (χ1n) is 7.40. The molecule has 1 heterocycles. The van der Waals surface area contributed by atoms with Gasteiger partial charge in [-0.25, -0.2) is 9.67 Å². The van der Waals surface area contributed by atoms with Gasteiger partial charge in [0.05, 0.1) is 16.6 Å². The van der Waals surface area contributed by atoms with E-state index >= 15 is 0 Å². The third-order valence-electron chi connectivity index (χ3n) is 3.38. The minimum atomic E-state index is -0.302. The Morgan fingerprint density at radius 3 is 2.56 bits per heavy atom. The fourth-order valence-electron chi connectivity index (χ4n) is 2.15. The highest BCUT2D eigenvalue weighted by Gasteiger charge is 2.17. The lowest BCUT2D eigenvalue weighted by molar-refractivity contribution is -0.115. The Hall–Kier alpha value is -2.02. The van der Waals surface area contributed by atoms with E-state index in [2.05, 4.69) is 15.4 Å². The number of anilines is 1. The van der Waals surface area contributed by atoms with E-state index in [1.54, 1.807) is 41.3 Å². The second-order valence-corrected chi connectivity index (χ2v) is 7.49. The Balaban J connectivity index is 1.76. The van der Waals surface area contributed by atoms with Gasteiger partial charge >= 0.3 is 0 Å². The number of carbonyl (C=O) groups is 1. The van der Waals surface area contributed by atoms with E-state index in [1.807, 2.05) is 19.1 Å². The molecule has 0 saturated heterocycles. The Bertz CT molecular complexity index is 869. The minimum Gasteiger partial charge on any atom is -0.323 e. The Morgan fingerprint density at radius 2 is 1.88 bits per heavy atom. The number of benzene rings is 2. The molecule has 2 aromatic carbocycles. The van der Waals surface area contributed by atoms with Gasteiger partial charge < -0.3 is 5.32 Å². The molecule has 0 aliphatic carbocycles. The predicted octanol–water partition coefficient (Wildman–Crippen LogP) is 4.69. The molecule has 0 fully saturated rings. The van der Waals surface area contributed by atoms with Crippen molar-refractivity contribution in [3.8, 4) is 5.69 Å². The fraction of sp³-hybridized carbons (Fsp3) is 0.118. The van der Waals surface area contributed by atoms with E-state index in [9.17, 15) is 4.79 Å². The van der Waals surface area contributed by atoms with Crippen LogP contribution < -0.4 is 5.32 Å². The zero-order chi connectivity index (χ0) is 17.8. The summed E-state index contributed by atoms with van der Waals surface area (Å²) < 4.78 is 1.57. The molecule has 3 rings (SSSR count). The van der Waals surface area contributed by atoms with Crippen LogP contribution in [0.2, 0.25) is 10.0 Å². The minimum absolute atomic E-state index is 0.136. The lowest BCUT2D eigenvalue weighted by Crippen LogP contribution is -2.23. The van der Waals surface area contributed by atoms with Crippen molar-refractivity contribution in [3.63, 3.8) is 0 Å². The van der Waals surface area contributed by atoms with Gasteiger partial charge in [0.2, 0.25) is 5.91 Å². The molecule has 1 N–H and O–H groups in total. The van der Waals surface area contributed by atoms with Gasteiger partial charge in [0.15, 0.2) is 0 Å². The van der Waals surface area contributed by atoms with Crippen LogP contribution in [0.15, 0.2) is 60.0 Å². The van der Waals surface area contributed by atoms with Crippen LogP contribution in [-0.2, 0) is 4.79 Å². The highest BCUT2D eigenvalue weighted by atomic mass is 35.5. The molecule has 0 radical (unpaired) electrons. The summed E-state index contributed by atoms with van der Waals surface area (Å²) in [6.07, 6.45) is 2.99. The van der Waals surface area contributed by atoms with Gasteiger partial charge in [-0.3, -0.25) is 4.79 Å². The Kier molecular flexibility index (Phi) is 5.63. The van der Waals surface area contributed by atoms with Crippen LogP contribution in [0.3, 0.4) is 0 Å². The molecule has 25 heavy (non-hydrogen) atoms. The van der Waals surface area contributed by atoms with Gasteiger partial charge in [-0.2, -0.15) is 5.10 Å². The van der Waals surface area contributed by atoms with E-state index in [-0.39, 0.29) is 11.2 Å². The van der Waals surface area contributed by atoms with Crippen molar-refractivity contribution in [1.82, 2.24) is 14.8 Å². The van der Waals surface area contributed by atoms with Crippen molar-refractivity contribution >= 4 is 46.6 Å². The number of aromatic nitrogens is 3. The first-order chi connectivity index (χ1) is 12.0. The highest BCUT2D eigenvalue weighted by Crippen LogP contribution is 2.28. The van der Waals surface area contributed by atoms with Crippen LogP contribution in [0.5, 0.6) is 0 Å². The number of hydrogen-bond donors (Lipinski definition) is 1. The van der Waals surface area contributed by atoms with Gasteiger partial charge in [-0.05, 0) is 49.4 Å². The number of halogens is 2. The third kappa shape index (κ3) is 4.54. The monoisotopic (exact) mass is 392 g/mol. The number of nitrogens with zero attached hydrogens (tertiary/aromatic N) is 3. The van der Waals surface area contributed by atoms with Gasteiger partial charge in [0, 0.05) is 14.9 Å². The van der Waals surface area contributed by atoms with Gasteiger partial charge in [-0.1, -0.05) is 23.2 Å². The zero-order valence-electron chi connectivity index (χ0n) is 13.2. The molecule has 1 aromatic heterocycles. The van der Waals surface area contributed by atoms with Gasteiger partial charge in [-0.15, -0.1) is 11.8 Å². The van der Waals surface area contributed by atoms with E-state index < -0.39 is 0 Å². The van der Waals surface area contributed by atoms with Gasteiger partial charge in [0.1, 0.15) is 12.7 Å². The van der Waals surface area contributed by atoms with E-state index in [1.165, 1.54) is 18.1 Å². The molecule has 3 aromatic rings. The van der Waals surface area contributed by atoms with Crippen LogP contribution in [0.4, 0.5) is 5.69 Å². The zero-order valence-corrected chi connectivity index (χ0v) is 15.5. The van der Waals surface area contributed by atoms with Crippen molar-refractivity contribution in [2.24, 2.45) is 0 Å².